The van der Waals surface area contributed by atoms with Crippen molar-refractivity contribution in [1.29, 1.82) is 0 Å². The van der Waals surface area contributed by atoms with Gasteiger partial charge in [0, 0.05) is 13.2 Å². The van der Waals surface area contributed by atoms with E-state index in [1.165, 1.54) is 0 Å². The number of hydrogen-bond donors (Lipinski definition) is 1. The summed E-state index contributed by atoms with van der Waals surface area (Å²) in [5.41, 5.74) is 0.946. The van der Waals surface area contributed by atoms with Crippen LogP contribution in [0.3, 0.4) is 0 Å². The molecule has 0 spiro atoms. The Hall–Kier alpha value is -1.59. The molecule has 0 aromatic heterocycles. The molecule has 1 N–H and O–H groups in total. The van der Waals surface area contributed by atoms with Crippen LogP contribution in [0.25, 0.3) is 0 Å². The first-order valence-corrected chi connectivity index (χ1v) is 6.87. The number of nitrogens with one attached hydrogen (secondary N) is 1. The van der Waals surface area contributed by atoms with Gasteiger partial charge in [-0.05, 0) is 26.3 Å². The van der Waals surface area contributed by atoms with Crippen molar-refractivity contribution in [3.63, 3.8) is 0 Å². The molecule has 0 heterocycles. The second-order valence-electron chi connectivity index (χ2n) is 4.27. The summed E-state index contributed by atoms with van der Waals surface area (Å²) in [5.74, 6) is 0. The average molecular weight is 281 g/mol. The summed E-state index contributed by atoms with van der Waals surface area (Å²) in [5, 5.41) is 2.71. The van der Waals surface area contributed by atoms with Crippen molar-refractivity contribution in [1.82, 2.24) is 5.32 Å². The second-order valence-corrected chi connectivity index (χ2v) is 4.27. The SMILES string of the molecule is CCOC(OCC)[C@@H](C)NC(=O)OCc1ccccc1. The van der Waals surface area contributed by atoms with E-state index < -0.39 is 12.4 Å². The Morgan fingerprint density at radius 2 is 1.75 bits per heavy atom. The summed E-state index contributed by atoms with van der Waals surface area (Å²) in [6, 6.07) is 9.25. The first-order valence-electron chi connectivity index (χ1n) is 6.87. The van der Waals surface area contributed by atoms with Gasteiger partial charge < -0.3 is 19.5 Å². The molecule has 0 aliphatic heterocycles. The highest BCUT2D eigenvalue weighted by molar-refractivity contribution is 5.67. The van der Waals surface area contributed by atoms with Gasteiger partial charge in [0.1, 0.15) is 6.61 Å². The van der Waals surface area contributed by atoms with Crippen LogP contribution in [-0.4, -0.2) is 31.6 Å². The maximum absolute atomic E-state index is 11.7. The van der Waals surface area contributed by atoms with E-state index in [2.05, 4.69) is 5.32 Å². The first kappa shape index (κ1) is 16.5. The first-order chi connectivity index (χ1) is 9.67. The zero-order valence-electron chi connectivity index (χ0n) is 12.3. The molecule has 0 saturated heterocycles. The maximum Gasteiger partial charge on any atom is 0.407 e. The highest BCUT2D eigenvalue weighted by Gasteiger charge is 2.20. The highest BCUT2D eigenvalue weighted by Crippen LogP contribution is 2.04. The molecule has 1 atom stereocenters. The number of carbonyl (C=O) groups excluding carboxylic acids is 1. The summed E-state index contributed by atoms with van der Waals surface area (Å²) in [7, 11) is 0. The molecule has 1 aromatic carbocycles. The molecule has 112 valence electrons. The van der Waals surface area contributed by atoms with Crippen LogP contribution < -0.4 is 5.32 Å². The van der Waals surface area contributed by atoms with Crippen LogP contribution >= 0.6 is 0 Å². The van der Waals surface area contributed by atoms with Crippen molar-refractivity contribution >= 4 is 6.09 Å². The molecule has 0 radical (unpaired) electrons. The van der Waals surface area contributed by atoms with Gasteiger partial charge in [-0.3, -0.25) is 0 Å². The Bertz CT molecular complexity index is 377. The van der Waals surface area contributed by atoms with Crippen LogP contribution in [0.4, 0.5) is 4.79 Å². The predicted octanol–water partition coefficient (Wildman–Crippen LogP) is 2.70. The van der Waals surface area contributed by atoms with Crippen LogP contribution in [0.5, 0.6) is 0 Å². The molecule has 1 amide bonds. The minimum Gasteiger partial charge on any atom is -0.445 e. The normalized spacial score (nSPS) is 12.2. The zero-order chi connectivity index (χ0) is 14.8. The van der Waals surface area contributed by atoms with E-state index in [4.69, 9.17) is 14.2 Å². The van der Waals surface area contributed by atoms with Crippen LogP contribution in [0.15, 0.2) is 30.3 Å². The lowest BCUT2D eigenvalue weighted by Crippen LogP contribution is -2.44. The number of carbonyl (C=O) groups is 1. The molecule has 0 bridgehead atoms. The fourth-order valence-electron chi connectivity index (χ4n) is 1.68. The Labute approximate surface area is 120 Å². The van der Waals surface area contributed by atoms with Crippen molar-refractivity contribution in [2.45, 2.75) is 39.7 Å². The van der Waals surface area contributed by atoms with Gasteiger partial charge in [0.2, 0.25) is 0 Å². The third-order valence-electron chi connectivity index (χ3n) is 2.63. The number of amides is 1. The molecule has 0 aliphatic carbocycles. The third-order valence-corrected chi connectivity index (χ3v) is 2.63. The molecule has 5 heteroatoms. The van der Waals surface area contributed by atoms with Gasteiger partial charge in [-0.2, -0.15) is 0 Å². The molecular formula is C15H23NO4. The molecule has 0 fully saturated rings. The Morgan fingerprint density at radius 3 is 2.30 bits per heavy atom. The van der Waals surface area contributed by atoms with Crippen molar-refractivity contribution in [2.75, 3.05) is 13.2 Å². The number of ether oxygens (including phenoxy) is 3. The van der Waals surface area contributed by atoms with Crippen LogP contribution in [0, 0.1) is 0 Å². The van der Waals surface area contributed by atoms with Gasteiger partial charge in [0.05, 0.1) is 6.04 Å². The van der Waals surface area contributed by atoms with E-state index >= 15 is 0 Å². The Balaban J connectivity index is 2.36. The van der Waals surface area contributed by atoms with E-state index in [1.54, 1.807) is 0 Å². The van der Waals surface area contributed by atoms with Gasteiger partial charge in [-0.25, -0.2) is 4.79 Å². The van der Waals surface area contributed by atoms with Crippen molar-refractivity contribution in [3.05, 3.63) is 35.9 Å². The van der Waals surface area contributed by atoms with E-state index in [9.17, 15) is 4.79 Å². The number of hydrogen-bond acceptors (Lipinski definition) is 4. The molecule has 1 rings (SSSR count). The van der Waals surface area contributed by atoms with Crippen LogP contribution in [0.2, 0.25) is 0 Å². The average Bonchev–Trinajstić information content (AvgIpc) is 2.46. The smallest absolute Gasteiger partial charge is 0.407 e. The highest BCUT2D eigenvalue weighted by atomic mass is 16.7. The number of benzene rings is 1. The molecule has 5 nitrogen and oxygen atoms in total. The van der Waals surface area contributed by atoms with Crippen molar-refractivity contribution < 1.29 is 19.0 Å². The zero-order valence-corrected chi connectivity index (χ0v) is 12.3. The maximum atomic E-state index is 11.7. The number of alkyl carbamates (subject to hydrolysis) is 1. The molecule has 0 aliphatic rings. The summed E-state index contributed by atoms with van der Waals surface area (Å²) < 4.78 is 16.0. The van der Waals surface area contributed by atoms with Crippen molar-refractivity contribution in [3.8, 4) is 0 Å². The van der Waals surface area contributed by atoms with Gasteiger partial charge >= 0.3 is 6.09 Å². The summed E-state index contributed by atoms with van der Waals surface area (Å²) in [6.45, 7) is 6.87. The lowest BCUT2D eigenvalue weighted by Gasteiger charge is -2.24. The molecule has 20 heavy (non-hydrogen) atoms. The van der Waals surface area contributed by atoms with Crippen molar-refractivity contribution in [2.24, 2.45) is 0 Å². The largest absolute Gasteiger partial charge is 0.445 e. The quantitative estimate of drug-likeness (QED) is 0.744. The molecule has 0 unspecified atom stereocenters. The summed E-state index contributed by atoms with van der Waals surface area (Å²) in [4.78, 5) is 11.7. The fraction of sp³-hybridized carbons (Fsp3) is 0.533. The van der Waals surface area contributed by atoms with Gasteiger partial charge in [0.15, 0.2) is 6.29 Å². The topological polar surface area (TPSA) is 56.8 Å². The van der Waals surface area contributed by atoms with E-state index in [0.717, 1.165) is 5.56 Å². The molecule has 1 aromatic rings. The Kier molecular flexibility index (Phi) is 7.69. The predicted molar refractivity (Wildman–Crippen MR) is 76.3 cm³/mol. The second kappa shape index (κ2) is 9.34. The van der Waals surface area contributed by atoms with Crippen LogP contribution in [-0.2, 0) is 20.8 Å². The van der Waals surface area contributed by atoms with Gasteiger partial charge in [0.25, 0.3) is 0 Å². The monoisotopic (exact) mass is 281 g/mol. The lowest BCUT2D eigenvalue weighted by atomic mass is 10.2. The van der Waals surface area contributed by atoms with E-state index in [-0.39, 0.29) is 12.6 Å². The molecule has 0 saturated carbocycles. The third kappa shape index (κ3) is 6.04. The fourth-order valence-corrected chi connectivity index (χ4v) is 1.68. The minimum atomic E-state index is -0.481. The standard InChI is InChI=1S/C15H23NO4/c1-4-18-14(19-5-2)12(3)16-15(17)20-11-13-9-7-6-8-10-13/h6-10,12,14H,4-5,11H2,1-3H3,(H,16,17)/t12-/m1/s1. The summed E-state index contributed by atoms with van der Waals surface area (Å²) in [6.07, 6.45) is -0.944. The number of rotatable bonds is 8. The molecular weight excluding hydrogens is 258 g/mol. The van der Waals surface area contributed by atoms with Gasteiger partial charge in [-0.15, -0.1) is 0 Å². The van der Waals surface area contributed by atoms with E-state index in [0.29, 0.717) is 13.2 Å². The van der Waals surface area contributed by atoms with Crippen LogP contribution in [0.1, 0.15) is 26.3 Å². The lowest BCUT2D eigenvalue weighted by molar-refractivity contribution is -0.149. The summed E-state index contributed by atoms with van der Waals surface area (Å²) >= 11 is 0. The van der Waals surface area contributed by atoms with Gasteiger partial charge in [-0.1, -0.05) is 30.3 Å². The minimum absolute atomic E-state index is 0.243. The Morgan fingerprint density at radius 1 is 1.15 bits per heavy atom. The van der Waals surface area contributed by atoms with E-state index in [1.807, 2.05) is 51.1 Å².